The van der Waals surface area contributed by atoms with Crippen molar-refractivity contribution in [3.63, 3.8) is 0 Å². The van der Waals surface area contributed by atoms with Gasteiger partial charge >= 0.3 is 0 Å². The van der Waals surface area contributed by atoms with Gasteiger partial charge in [-0.05, 0) is 20.0 Å². The Balaban J connectivity index is 2.26. The van der Waals surface area contributed by atoms with Crippen molar-refractivity contribution >= 4 is 11.3 Å². The Hall–Kier alpha value is -1.59. The first-order valence-corrected chi connectivity index (χ1v) is 7.36. The molecule has 2 rings (SSSR count). The van der Waals surface area contributed by atoms with Crippen molar-refractivity contribution < 1.29 is 9.47 Å². The minimum atomic E-state index is 0.168. The molecule has 5 heteroatoms. The van der Waals surface area contributed by atoms with Crippen LogP contribution in [0.25, 0.3) is 0 Å². The molecule has 0 saturated carbocycles. The lowest BCUT2D eigenvalue weighted by molar-refractivity contribution is 0.385. The topological polar surface area (TPSA) is 43.4 Å². The van der Waals surface area contributed by atoms with Gasteiger partial charge in [-0.1, -0.05) is 6.07 Å². The molecule has 108 valence electrons. The van der Waals surface area contributed by atoms with Gasteiger partial charge in [0.1, 0.15) is 11.5 Å². The Kier molecular flexibility index (Phi) is 4.98. The summed E-state index contributed by atoms with van der Waals surface area (Å²) in [5.74, 6) is 1.63. The summed E-state index contributed by atoms with van der Waals surface area (Å²) in [6.07, 6.45) is 0.845. The summed E-state index contributed by atoms with van der Waals surface area (Å²) in [5.41, 5.74) is 2.19. The lowest BCUT2D eigenvalue weighted by Crippen LogP contribution is -2.19. The molecule has 0 saturated heterocycles. The molecule has 1 heterocycles. The minimum absolute atomic E-state index is 0.168. The molecule has 0 bridgehead atoms. The zero-order chi connectivity index (χ0) is 14.5. The van der Waals surface area contributed by atoms with Crippen LogP contribution < -0.4 is 14.8 Å². The predicted octanol–water partition coefficient (Wildman–Crippen LogP) is 2.97. The maximum atomic E-state index is 5.48. The molecule has 2 aromatic rings. The zero-order valence-electron chi connectivity index (χ0n) is 12.3. The first kappa shape index (κ1) is 14.8. The van der Waals surface area contributed by atoms with Crippen LogP contribution in [0.2, 0.25) is 0 Å². The standard InChI is InChI=1S/C15H20N2O2S/c1-10-9-20-15(17-10)8-13(16-2)12-6-5-11(18-3)7-14(12)19-4/h5-7,9,13,16H,8H2,1-4H3. The van der Waals surface area contributed by atoms with E-state index in [9.17, 15) is 0 Å². The Labute approximate surface area is 123 Å². The van der Waals surface area contributed by atoms with E-state index in [0.717, 1.165) is 34.2 Å². The number of nitrogens with zero attached hydrogens (tertiary/aromatic N) is 1. The minimum Gasteiger partial charge on any atom is -0.497 e. The summed E-state index contributed by atoms with van der Waals surface area (Å²) in [6, 6.07) is 6.07. The quantitative estimate of drug-likeness (QED) is 0.889. The number of likely N-dealkylation sites (N-methyl/N-ethyl adjacent to an activating group) is 1. The third-order valence-corrected chi connectivity index (χ3v) is 4.20. The summed E-state index contributed by atoms with van der Waals surface area (Å²) in [7, 11) is 5.29. The molecular formula is C15H20N2O2S. The fourth-order valence-corrected chi connectivity index (χ4v) is 2.96. The fourth-order valence-electron chi connectivity index (χ4n) is 2.14. The fraction of sp³-hybridized carbons (Fsp3) is 0.400. The van der Waals surface area contributed by atoms with Crippen molar-refractivity contribution in [2.45, 2.75) is 19.4 Å². The van der Waals surface area contributed by atoms with Crippen LogP contribution in [0, 0.1) is 6.92 Å². The lowest BCUT2D eigenvalue weighted by Gasteiger charge is -2.19. The van der Waals surface area contributed by atoms with Gasteiger partial charge in [-0.2, -0.15) is 0 Å². The number of benzene rings is 1. The summed E-state index contributed by atoms with van der Waals surface area (Å²) >= 11 is 1.69. The Morgan fingerprint density at radius 1 is 1.30 bits per heavy atom. The Bertz CT molecular complexity index is 569. The summed E-state index contributed by atoms with van der Waals surface area (Å²) < 4.78 is 10.7. The lowest BCUT2D eigenvalue weighted by atomic mass is 10.0. The van der Waals surface area contributed by atoms with E-state index >= 15 is 0 Å². The van der Waals surface area contributed by atoms with Gasteiger partial charge in [-0.25, -0.2) is 4.98 Å². The second-order valence-electron chi connectivity index (χ2n) is 4.54. The van der Waals surface area contributed by atoms with Gasteiger partial charge in [0.05, 0.1) is 19.2 Å². The first-order chi connectivity index (χ1) is 9.67. The predicted molar refractivity (Wildman–Crippen MR) is 81.9 cm³/mol. The highest BCUT2D eigenvalue weighted by Gasteiger charge is 2.17. The van der Waals surface area contributed by atoms with Gasteiger partial charge in [0.2, 0.25) is 0 Å². The van der Waals surface area contributed by atoms with Crippen LogP contribution in [0.15, 0.2) is 23.6 Å². The summed E-state index contributed by atoms with van der Waals surface area (Å²) in [5, 5.41) is 6.54. The number of thiazole rings is 1. The van der Waals surface area contributed by atoms with E-state index < -0.39 is 0 Å². The Morgan fingerprint density at radius 2 is 2.10 bits per heavy atom. The molecule has 0 aliphatic carbocycles. The van der Waals surface area contributed by atoms with Crippen molar-refractivity contribution in [2.75, 3.05) is 21.3 Å². The SMILES string of the molecule is CNC(Cc1nc(C)cs1)c1ccc(OC)cc1OC. The molecule has 1 N–H and O–H groups in total. The number of aromatic nitrogens is 1. The van der Waals surface area contributed by atoms with Gasteiger partial charge in [-0.15, -0.1) is 11.3 Å². The van der Waals surface area contributed by atoms with Crippen LogP contribution >= 0.6 is 11.3 Å². The zero-order valence-corrected chi connectivity index (χ0v) is 13.1. The van der Waals surface area contributed by atoms with Crippen LogP contribution in [0.1, 0.15) is 22.3 Å². The molecule has 0 radical (unpaired) electrons. The molecule has 0 aliphatic heterocycles. The van der Waals surface area contributed by atoms with E-state index in [1.807, 2.05) is 32.2 Å². The van der Waals surface area contributed by atoms with Crippen LogP contribution in [-0.2, 0) is 6.42 Å². The molecule has 0 aliphatic rings. The Morgan fingerprint density at radius 3 is 2.65 bits per heavy atom. The highest BCUT2D eigenvalue weighted by atomic mass is 32.1. The van der Waals surface area contributed by atoms with Crippen molar-refractivity contribution in [1.82, 2.24) is 10.3 Å². The molecule has 1 unspecified atom stereocenters. The molecule has 1 aromatic heterocycles. The maximum absolute atomic E-state index is 5.48. The summed E-state index contributed by atoms with van der Waals surface area (Å²) in [6.45, 7) is 2.02. The van der Waals surface area contributed by atoms with Crippen molar-refractivity contribution in [3.05, 3.63) is 39.8 Å². The van der Waals surface area contributed by atoms with Gasteiger partial charge in [0, 0.05) is 35.2 Å². The number of aryl methyl sites for hydroxylation is 1. The van der Waals surface area contributed by atoms with Gasteiger partial charge < -0.3 is 14.8 Å². The first-order valence-electron chi connectivity index (χ1n) is 6.48. The maximum Gasteiger partial charge on any atom is 0.127 e. The van der Waals surface area contributed by atoms with Crippen molar-refractivity contribution in [3.8, 4) is 11.5 Å². The monoisotopic (exact) mass is 292 g/mol. The number of hydrogen-bond acceptors (Lipinski definition) is 5. The van der Waals surface area contributed by atoms with Crippen molar-refractivity contribution in [2.24, 2.45) is 0 Å². The average Bonchev–Trinajstić information content (AvgIpc) is 2.89. The second-order valence-corrected chi connectivity index (χ2v) is 5.48. The molecule has 0 amide bonds. The van der Waals surface area contributed by atoms with Crippen LogP contribution in [0.5, 0.6) is 11.5 Å². The second kappa shape index (κ2) is 6.72. The normalized spacial score (nSPS) is 12.2. The average molecular weight is 292 g/mol. The van der Waals surface area contributed by atoms with Gasteiger partial charge in [-0.3, -0.25) is 0 Å². The smallest absolute Gasteiger partial charge is 0.127 e. The van der Waals surface area contributed by atoms with E-state index in [1.54, 1.807) is 25.6 Å². The number of ether oxygens (including phenoxy) is 2. The number of methoxy groups -OCH3 is 2. The van der Waals surface area contributed by atoms with Crippen LogP contribution in [-0.4, -0.2) is 26.3 Å². The number of nitrogens with one attached hydrogen (secondary N) is 1. The number of rotatable bonds is 6. The largest absolute Gasteiger partial charge is 0.497 e. The highest BCUT2D eigenvalue weighted by molar-refractivity contribution is 7.09. The molecule has 20 heavy (non-hydrogen) atoms. The van der Waals surface area contributed by atoms with E-state index in [-0.39, 0.29) is 6.04 Å². The summed E-state index contributed by atoms with van der Waals surface area (Å²) in [4.78, 5) is 4.53. The molecule has 1 atom stereocenters. The van der Waals surface area contributed by atoms with Crippen LogP contribution in [0.4, 0.5) is 0 Å². The highest BCUT2D eigenvalue weighted by Crippen LogP contribution is 2.31. The number of hydrogen-bond donors (Lipinski definition) is 1. The van der Waals surface area contributed by atoms with E-state index in [4.69, 9.17) is 9.47 Å². The third kappa shape index (κ3) is 3.29. The van der Waals surface area contributed by atoms with Gasteiger partial charge in [0.15, 0.2) is 0 Å². The molecular weight excluding hydrogens is 272 g/mol. The van der Waals surface area contributed by atoms with E-state index in [1.165, 1.54) is 0 Å². The van der Waals surface area contributed by atoms with E-state index in [0.29, 0.717) is 0 Å². The van der Waals surface area contributed by atoms with Crippen molar-refractivity contribution in [1.29, 1.82) is 0 Å². The molecule has 1 aromatic carbocycles. The van der Waals surface area contributed by atoms with E-state index in [2.05, 4.69) is 15.7 Å². The van der Waals surface area contributed by atoms with Crippen LogP contribution in [0.3, 0.4) is 0 Å². The third-order valence-electron chi connectivity index (χ3n) is 3.21. The van der Waals surface area contributed by atoms with Gasteiger partial charge in [0.25, 0.3) is 0 Å². The molecule has 0 spiro atoms. The molecule has 0 fully saturated rings. The molecule has 4 nitrogen and oxygen atoms in total.